The zero-order valence-electron chi connectivity index (χ0n) is 20.6. The van der Waals surface area contributed by atoms with Crippen LogP contribution in [0.1, 0.15) is 72.6 Å². The van der Waals surface area contributed by atoms with Crippen molar-refractivity contribution in [2.24, 2.45) is 0 Å². The molecule has 1 heterocycles. The Morgan fingerprint density at radius 1 is 1.09 bits per heavy atom. The number of hydrogen-bond donors (Lipinski definition) is 1. The normalized spacial score (nSPS) is 12.2. The summed E-state index contributed by atoms with van der Waals surface area (Å²) < 4.78 is 1.85. The molecule has 0 aliphatic heterocycles. The maximum absolute atomic E-state index is 12.9. The predicted octanol–water partition coefficient (Wildman–Crippen LogP) is 5.22. The van der Waals surface area contributed by atoms with Gasteiger partial charge in [0.15, 0.2) is 0 Å². The van der Waals surface area contributed by atoms with E-state index in [0.29, 0.717) is 12.4 Å². The first-order chi connectivity index (χ1) is 14.9. The van der Waals surface area contributed by atoms with Gasteiger partial charge in [-0.05, 0) is 38.8 Å². The molecule has 6 heteroatoms. The monoisotopic (exact) mass is 438 g/mol. The molecule has 0 fully saturated rings. The van der Waals surface area contributed by atoms with Crippen LogP contribution in [0.4, 0.5) is 5.82 Å². The molecule has 174 valence electrons. The van der Waals surface area contributed by atoms with Gasteiger partial charge in [0.1, 0.15) is 12.4 Å². The molecule has 0 aliphatic rings. The van der Waals surface area contributed by atoms with Crippen molar-refractivity contribution in [2.75, 3.05) is 18.4 Å². The van der Waals surface area contributed by atoms with Crippen LogP contribution in [0, 0.1) is 0 Å². The summed E-state index contributed by atoms with van der Waals surface area (Å²) in [5.74, 6) is 0.251. The molecular weight excluding hydrogens is 400 g/mol. The quantitative estimate of drug-likeness (QED) is 0.575. The van der Waals surface area contributed by atoms with E-state index in [1.54, 1.807) is 11.0 Å². The van der Waals surface area contributed by atoms with Crippen molar-refractivity contribution < 1.29 is 9.59 Å². The molecule has 2 amide bonds. The van der Waals surface area contributed by atoms with Crippen molar-refractivity contribution in [3.05, 3.63) is 53.7 Å². The predicted molar refractivity (Wildman–Crippen MR) is 132 cm³/mol. The van der Waals surface area contributed by atoms with Crippen LogP contribution in [0.3, 0.4) is 0 Å². The molecule has 0 radical (unpaired) electrons. The SMILES string of the molecule is CCCCN(CC(=O)Nc1cc(C(C)(C)C)nn1C(C)(C)C)C(=O)/C=C/c1ccccc1. The average molecular weight is 439 g/mol. The largest absolute Gasteiger partial charge is 0.330 e. The van der Waals surface area contributed by atoms with E-state index in [-0.39, 0.29) is 29.3 Å². The molecular formula is C26H38N4O2. The third-order valence-corrected chi connectivity index (χ3v) is 5.03. The summed E-state index contributed by atoms with van der Waals surface area (Å²) in [6, 6.07) is 11.6. The van der Waals surface area contributed by atoms with Crippen LogP contribution in [0.25, 0.3) is 6.08 Å². The first kappa shape index (κ1) is 25.4. The van der Waals surface area contributed by atoms with Crippen LogP contribution in [0.15, 0.2) is 42.5 Å². The van der Waals surface area contributed by atoms with E-state index in [1.807, 2.05) is 61.9 Å². The van der Waals surface area contributed by atoms with Crippen LogP contribution in [-0.4, -0.2) is 39.6 Å². The Labute approximate surface area is 192 Å². The molecule has 0 saturated heterocycles. The minimum Gasteiger partial charge on any atom is -0.330 e. The molecule has 0 atom stereocenters. The summed E-state index contributed by atoms with van der Waals surface area (Å²) >= 11 is 0. The highest BCUT2D eigenvalue weighted by Crippen LogP contribution is 2.28. The number of rotatable bonds is 8. The average Bonchev–Trinajstić information content (AvgIpc) is 3.14. The Kier molecular flexibility index (Phi) is 8.42. The Morgan fingerprint density at radius 2 is 1.75 bits per heavy atom. The molecule has 0 unspecified atom stereocenters. The lowest BCUT2D eigenvalue weighted by atomic mass is 9.92. The van der Waals surface area contributed by atoms with E-state index in [1.165, 1.54) is 6.08 Å². The number of amides is 2. The zero-order valence-corrected chi connectivity index (χ0v) is 20.6. The lowest BCUT2D eigenvalue weighted by Gasteiger charge is -2.24. The lowest BCUT2D eigenvalue weighted by molar-refractivity contribution is -0.130. The van der Waals surface area contributed by atoms with E-state index < -0.39 is 0 Å². The summed E-state index contributed by atoms with van der Waals surface area (Å²) in [5, 5.41) is 7.73. The molecule has 2 aromatic rings. The van der Waals surface area contributed by atoms with Crippen LogP contribution < -0.4 is 5.32 Å². The number of carbonyl (C=O) groups is 2. The van der Waals surface area contributed by atoms with E-state index in [4.69, 9.17) is 5.10 Å². The Balaban J connectivity index is 2.17. The maximum Gasteiger partial charge on any atom is 0.247 e. The minimum absolute atomic E-state index is 0.00185. The highest BCUT2D eigenvalue weighted by molar-refractivity contribution is 5.97. The first-order valence-electron chi connectivity index (χ1n) is 11.3. The molecule has 1 aromatic heterocycles. The summed E-state index contributed by atoms with van der Waals surface area (Å²) in [7, 11) is 0. The number of nitrogens with zero attached hydrogens (tertiary/aromatic N) is 3. The van der Waals surface area contributed by atoms with Gasteiger partial charge in [-0.15, -0.1) is 0 Å². The summed E-state index contributed by atoms with van der Waals surface area (Å²) in [6.45, 7) is 15.0. The fraction of sp³-hybridized carbons (Fsp3) is 0.500. The van der Waals surface area contributed by atoms with Gasteiger partial charge in [-0.2, -0.15) is 5.10 Å². The first-order valence-corrected chi connectivity index (χ1v) is 11.3. The van der Waals surface area contributed by atoms with Gasteiger partial charge in [-0.1, -0.05) is 64.4 Å². The molecule has 0 bridgehead atoms. The lowest BCUT2D eigenvalue weighted by Crippen LogP contribution is -2.38. The van der Waals surface area contributed by atoms with E-state index >= 15 is 0 Å². The topological polar surface area (TPSA) is 67.2 Å². The zero-order chi connectivity index (χ0) is 23.9. The van der Waals surface area contributed by atoms with E-state index in [9.17, 15) is 9.59 Å². The van der Waals surface area contributed by atoms with Gasteiger partial charge in [0, 0.05) is 24.1 Å². The third kappa shape index (κ3) is 7.36. The number of unbranched alkanes of at least 4 members (excludes halogenated alkanes) is 1. The summed E-state index contributed by atoms with van der Waals surface area (Å²) in [6.07, 6.45) is 5.10. The van der Waals surface area contributed by atoms with E-state index in [2.05, 4.69) is 33.0 Å². The van der Waals surface area contributed by atoms with Crippen molar-refractivity contribution in [3.63, 3.8) is 0 Å². The molecule has 1 N–H and O–H groups in total. The van der Waals surface area contributed by atoms with Gasteiger partial charge in [0.2, 0.25) is 11.8 Å². The highest BCUT2D eigenvalue weighted by atomic mass is 16.2. The third-order valence-electron chi connectivity index (χ3n) is 5.03. The van der Waals surface area contributed by atoms with Gasteiger partial charge < -0.3 is 10.2 Å². The Morgan fingerprint density at radius 3 is 2.31 bits per heavy atom. The number of anilines is 1. The molecule has 0 spiro atoms. The minimum atomic E-state index is -0.289. The smallest absolute Gasteiger partial charge is 0.247 e. The number of hydrogen-bond acceptors (Lipinski definition) is 3. The molecule has 0 saturated carbocycles. The van der Waals surface area contributed by atoms with Gasteiger partial charge in [0.05, 0.1) is 11.2 Å². The van der Waals surface area contributed by atoms with Gasteiger partial charge >= 0.3 is 0 Å². The molecule has 1 aromatic carbocycles. The van der Waals surface area contributed by atoms with Crippen LogP contribution in [0.2, 0.25) is 0 Å². The van der Waals surface area contributed by atoms with Crippen LogP contribution in [-0.2, 0) is 20.5 Å². The van der Waals surface area contributed by atoms with Gasteiger partial charge in [-0.3, -0.25) is 9.59 Å². The molecule has 2 rings (SSSR count). The van der Waals surface area contributed by atoms with E-state index in [0.717, 1.165) is 24.1 Å². The second-order valence-electron chi connectivity index (χ2n) is 10.2. The molecule has 6 nitrogen and oxygen atoms in total. The fourth-order valence-corrected chi connectivity index (χ4v) is 3.16. The maximum atomic E-state index is 12.9. The van der Waals surface area contributed by atoms with Crippen LogP contribution in [0.5, 0.6) is 0 Å². The number of carbonyl (C=O) groups excluding carboxylic acids is 2. The molecule has 0 aliphatic carbocycles. The summed E-state index contributed by atoms with van der Waals surface area (Å²) in [5.41, 5.74) is 1.43. The van der Waals surface area contributed by atoms with Crippen molar-refractivity contribution in [3.8, 4) is 0 Å². The highest BCUT2D eigenvalue weighted by Gasteiger charge is 2.26. The van der Waals surface area contributed by atoms with Crippen LogP contribution >= 0.6 is 0 Å². The number of benzene rings is 1. The van der Waals surface area contributed by atoms with Crippen molar-refractivity contribution in [1.29, 1.82) is 0 Å². The van der Waals surface area contributed by atoms with Crippen molar-refractivity contribution in [1.82, 2.24) is 14.7 Å². The van der Waals surface area contributed by atoms with Gasteiger partial charge in [0.25, 0.3) is 0 Å². The Bertz CT molecular complexity index is 931. The fourth-order valence-electron chi connectivity index (χ4n) is 3.16. The standard InChI is InChI=1S/C26H38N4O2/c1-8-9-17-29(24(32)16-15-20-13-11-10-12-14-20)19-23(31)27-22-18-21(25(2,3)4)28-30(22)26(5,6)7/h10-16,18H,8-9,17,19H2,1-7H3,(H,27,31)/b16-15+. The summed E-state index contributed by atoms with van der Waals surface area (Å²) in [4.78, 5) is 27.3. The van der Waals surface area contributed by atoms with Gasteiger partial charge in [-0.25, -0.2) is 4.68 Å². The second-order valence-corrected chi connectivity index (χ2v) is 10.2. The van der Waals surface area contributed by atoms with Crippen molar-refractivity contribution in [2.45, 2.75) is 72.3 Å². The van der Waals surface area contributed by atoms with Crippen molar-refractivity contribution >= 4 is 23.7 Å². The molecule has 32 heavy (non-hydrogen) atoms. The number of aromatic nitrogens is 2. The number of nitrogens with one attached hydrogen (secondary N) is 1. The second kappa shape index (κ2) is 10.6. The Hall–Kier alpha value is -2.89.